The second-order valence-corrected chi connectivity index (χ2v) is 7.02. The molecular formula is C14H12ClN3OS2. The molecule has 21 heavy (non-hydrogen) atoms. The number of thiazole rings is 1. The van der Waals surface area contributed by atoms with Crippen molar-refractivity contribution in [3.63, 3.8) is 0 Å². The fourth-order valence-electron chi connectivity index (χ4n) is 2.04. The topological polar surface area (TPSA) is 68.0 Å². The van der Waals surface area contributed by atoms with Crippen molar-refractivity contribution in [2.24, 2.45) is 0 Å². The van der Waals surface area contributed by atoms with Crippen molar-refractivity contribution in [2.75, 3.05) is 5.73 Å². The molecule has 2 aromatic heterocycles. The summed E-state index contributed by atoms with van der Waals surface area (Å²) >= 11 is 9.05. The van der Waals surface area contributed by atoms with Gasteiger partial charge in [0, 0.05) is 15.5 Å². The van der Waals surface area contributed by atoms with Crippen molar-refractivity contribution in [1.29, 1.82) is 0 Å². The number of nitrogen functional groups attached to an aromatic ring is 1. The Morgan fingerprint density at radius 1 is 1.48 bits per heavy atom. The van der Waals surface area contributed by atoms with Gasteiger partial charge in [-0.1, -0.05) is 17.7 Å². The Bertz CT molecular complexity index is 825. The highest BCUT2D eigenvalue weighted by Crippen LogP contribution is 2.37. The minimum absolute atomic E-state index is 0.199. The molecule has 4 nitrogen and oxygen atoms in total. The van der Waals surface area contributed by atoms with Crippen molar-refractivity contribution < 1.29 is 4.79 Å². The maximum atomic E-state index is 12.3. The van der Waals surface area contributed by atoms with Crippen LogP contribution in [-0.4, -0.2) is 10.9 Å². The van der Waals surface area contributed by atoms with E-state index in [1.54, 1.807) is 17.4 Å². The molecule has 2 heterocycles. The van der Waals surface area contributed by atoms with Gasteiger partial charge >= 0.3 is 0 Å². The molecule has 0 spiro atoms. The van der Waals surface area contributed by atoms with Crippen LogP contribution in [0, 0.1) is 6.92 Å². The van der Waals surface area contributed by atoms with Gasteiger partial charge in [0.1, 0.15) is 4.88 Å². The van der Waals surface area contributed by atoms with Crippen molar-refractivity contribution in [1.82, 2.24) is 10.3 Å². The van der Waals surface area contributed by atoms with Crippen LogP contribution >= 0.6 is 34.3 Å². The highest BCUT2D eigenvalue weighted by atomic mass is 35.5. The van der Waals surface area contributed by atoms with E-state index < -0.39 is 0 Å². The quantitative estimate of drug-likeness (QED) is 0.763. The molecule has 7 heteroatoms. The third-order valence-corrected chi connectivity index (χ3v) is 5.31. The molecule has 1 amide bonds. The molecule has 3 N–H and O–H groups in total. The van der Waals surface area contributed by atoms with E-state index in [0.29, 0.717) is 22.1 Å². The third kappa shape index (κ3) is 2.74. The van der Waals surface area contributed by atoms with Crippen LogP contribution in [0.5, 0.6) is 0 Å². The number of nitrogens with one attached hydrogen (secondary N) is 1. The molecule has 0 aliphatic heterocycles. The average Bonchev–Trinajstić information content (AvgIpc) is 3.01. The van der Waals surface area contributed by atoms with E-state index in [2.05, 4.69) is 10.3 Å². The van der Waals surface area contributed by atoms with Crippen LogP contribution in [0.1, 0.15) is 20.4 Å². The van der Waals surface area contributed by atoms with Crippen LogP contribution in [0.25, 0.3) is 10.1 Å². The lowest BCUT2D eigenvalue weighted by Gasteiger charge is -2.02. The zero-order valence-corrected chi connectivity index (χ0v) is 13.5. The minimum atomic E-state index is -0.199. The number of halogens is 1. The van der Waals surface area contributed by atoms with E-state index in [-0.39, 0.29) is 5.91 Å². The van der Waals surface area contributed by atoms with E-state index in [0.717, 1.165) is 20.8 Å². The van der Waals surface area contributed by atoms with Gasteiger partial charge in [0.25, 0.3) is 5.91 Å². The van der Waals surface area contributed by atoms with Crippen LogP contribution in [0.3, 0.4) is 0 Å². The van der Waals surface area contributed by atoms with Crippen LogP contribution in [0.15, 0.2) is 23.6 Å². The van der Waals surface area contributed by atoms with E-state index in [9.17, 15) is 4.79 Å². The Morgan fingerprint density at radius 2 is 2.29 bits per heavy atom. The lowest BCUT2D eigenvalue weighted by Crippen LogP contribution is -2.22. The standard InChI is InChI=1S/C14H12ClN3OS2/c1-7-18-8(6-20-7)5-17-14(19)13-12(16)11-9(15)3-2-4-10(11)21-13/h2-4,6H,5,16H2,1H3,(H,17,19). The smallest absolute Gasteiger partial charge is 0.263 e. The largest absolute Gasteiger partial charge is 0.397 e. The van der Waals surface area contributed by atoms with Gasteiger partial charge in [0.2, 0.25) is 0 Å². The second-order valence-electron chi connectivity index (χ2n) is 4.50. The van der Waals surface area contributed by atoms with Gasteiger partial charge < -0.3 is 11.1 Å². The summed E-state index contributed by atoms with van der Waals surface area (Å²) in [5.41, 5.74) is 7.35. The molecule has 0 unspecified atom stereocenters. The number of amides is 1. The number of aromatic nitrogens is 1. The van der Waals surface area contributed by atoms with E-state index >= 15 is 0 Å². The number of nitrogens with two attached hydrogens (primary N) is 1. The zero-order valence-electron chi connectivity index (χ0n) is 11.1. The Labute approximate surface area is 134 Å². The Kier molecular flexibility index (Phi) is 3.84. The number of carbonyl (C=O) groups is 1. The summed E-state index contributed by atoms with van der Waals surface area (Å²) in [6, 6.07) is 5.52. The molecule has 108 valence electrons. The summed E-state index contributed by atoms with van der Waals surface area (Å²) in [5, 5.41) is 7.07. The number of thiophene rings is 1. The summed E-state index contributed by atoms with van der Waals surface area (Å²) in [6.07, 6.45) is 0. The lowest BCUT2D eigenvalue weighted by atomic mass is 10.2. The molecule has 0 bridgehead atoms. The minimum Gasteiger partial charge on any atom is -0.397 e. The first-order valence-corrected chi connectivity index (χ1v) is 8.29. The molecule has 0 atom stereocenters. The van der Waals surface area contributed by atoms with Crippen LogP contribution in [-0.2, 0) is 6.54 Å². The third-order valence-electron chi connectivity index (χ3n) is 3.00. The van der Waals surface area contributed by atoms with Gasteiger partial charge in [0.15, 0.2) is 0 Å². The van der Waals surface area contributed by atoms with Gasteiger partial charge in [-0.25, -0.2) is 4.98 Å². The zero-order chi connectivity index (χ0) is 15.0. The molecule has 3 aromatic rings. The van der Waals surface area contributed by atoms with Gasteiger partial charge in [-0.05, 0) is 19.1 Å². The Morgan fingerprint density at radius 3 is 2.95 bits per heavy atom. The van der Waals surface area contributed by atoms with E-state index in [1.807, 2.05) is 24.4 Å². The molecular weight excluding hydrogens is 326 g/mol. The van der Waals surface area contributed by atoms with Gasteiger partial charge in [0.05, 0.1) is 28.0 Å². The van der Waals surface area contributed by atoms with Crippen LogP contribution in [0.2, 0.25) is 5.02 Å². The number of fused-ring (bicyclic) bond motifs is 1. The first kappa shape index (κ1) is 14.3. The fourth-order valence-corrected chi connectivity index (χ4v) is 4.05. The summed E-state index contributed by atoms with van der Waals surface area (Å²) in [7, 11) is 0. The van der Waals surface area contributed by atoms with Gasteiger partial charge in [-0.2, -0.15) is 0 Å². The number of nitrogens with zero attached hydrogens (tertiary/aromatic N) is 1. The van der Waals surface area contributed by atoms with Crippen LogP contribution < -0.4 is 11.1 Å². The molecule has 0 radical (unpaired) electrons. The number of hydrogen-bond donors (Lipinski definition) is 2. The lowest BCUT2D eigenvalue weighted by molar-refractivity contribution is 0.0955. The summed E-state index contributed by atoms with van der Waals surface area (Å²) in [4.78, 5) is 17.1. The summed E-state index contributed by atoms with van der Waals surface area (Å²) in [5.74, 6) is -0.199. The van der Waals surface area contributed by atoms with Gasteiger partial charge in [-0.3, -0.25) is 4.79 Å². The van der Waals surface area contributed by atoms with Crippen molar-refractivity contribution >= 4 is 56.0 Å². The number of benzene rings is 1. The van der Waals surface area contributed by atoms with Crippen molar-refractivity contribution in [2.45, 2.75) is 13.5 Å². The molecule has 3 rings (SSSR count). The predicted octanol–water partition coefficient (Wildman–Crippen LogP) is 3.83. The molecule has 0 aliphatic rings. The monoisotopic (exact) mass is 337 g/mol. The normalized spacial score (nSPS) is 11.0. The summed E-state index contributed by atoms with van der Waals surface area (Å²) < 4.78 is 0.912. The van der Waals surface area contributed by atoms with Gasteiger partial charge in [-0.15, -0.1) is 22.7 Å². The molecule has 0 saturated carbocycles. The number of hydrogen-bond acceptors (Lipinski definition) is 5. The maximum Gasteiger partial charge on any atom is 0.263 e. The molecule has 0 fully saturated rings. The Balaban J connectivity index is 1.84. The maximum absolute atomic E-state index is 12.3. The summed E-state index contributed by atoms with van der Waals surface area (Å²) in [6.45, 7) is 2.33. The number of rotatable bonds is 3. The Hall–Kier alpha value is -1.63. The first-order valence-electron chi connectivity index (χ1n) is 6.22. The van der Waals surface area contributed by atoms with Crippen molar-refractivity contribution in [3.8, 4) is 0 Å². The molecule has 1 aromatic carbocycles. The number of carbonyl (C=O) groups excluding carboxylic acids is 1. The van der Waals surface area contributed by atoms with E-state index in [4.69, 9.17) is 17.3 Å². The second kappa shape index (κ2) is 5.63. The molecule has 0 aliphatic carbocycles. The average molecular weight is 338 g/mol. The SMILES string of the molecule is Cc1nc(CNC(=O)c2sc3cccc(Cl)c3c2N)cs1. The molecule has 0 saturated heterocycles. The van der Waals surface area contributed by atoms with E-state index in [1.165, 1.54) is 11.3 Å². The number of anilines is 1. The number of aryl methyl sites for hydroxylation is 1. The predicted molar refractivity (Wildman–Crippen MR) is 89.3 cm³/mol. The van der Waals surface area contributed by atoms with Crippen molar-refractivity contribution in [3.05, 3.63) is 44.2 Å². The first-order chi connectivity index (χ1) is 10.1. The fraction of sp³-hybridized carbons (Fsp3) is 0.143. The van der Waals surface area contributed by atoms with Crippen LogP contribution in [0.4, 0.5) is 5.69 Å². The highest BCUT2D eigenvalue weighted by molar-refractivity contribution is 7.21. The highest BCUT2D eigenvalue weighted by Gasteiger charge is 2.18.